The summed E-state index contributed by atoms with van der Waals surface area (Å²) in [5.41, 5.74) is 2.07. The maximum Gasteiger partial charge on any atom is 0.335 e. The van der Waals surface area contributed by atoms with Gasteiger partial charge in [0.05, 0.1) is 22.9 Å². The molecule has 1 aromatic heterocycles. The fourth-order valence-corrected chi connectivity index (χ4v) is 1.90. The molecule has 4 nitrogen and oxygen atoms in total. The highest BCUT2D eigenvalue weighted by molar-refractivity contribution is 5.92. The number of carbonyl (C=O) groups is 1. The number of unbranched alkanes of at least 4 members (excludes halogenated alkanes) is 2. The van der Waals surface area contributed by atoms with Crippen LogP contribution in [-0.4, -0.2) is 20.6 Å². The largest absolute Gasteiger partial charge is 0.478 e. The quantitative estimate of drug-likeness (QED) is 0.806. The van der Waals surface area contributed by atoms with Crippen molar-refractivity contribution in [3.8, 4) is 0 Å². The van der Waals surface area contributed by atoms with E-state index in [9.17, 15) is 4.79 Å². The first kappa shape index (κ1) is 11.6. The molecule has 0 atom stereocenters. The number of nitrogens with zero attached hydrogens (tertiary/aromatic N) is 2. The molecule has 1 N–H and O–H groups in total. The van der Waals surface area contributed by atoms with E-state index >= 15 is 0 Å². The zero-order valence-electron chi connectivity index (χ0n) is 9.89. The van der Waals surface area contributed by atoms with Crippen molar-refractivity contribution in [3.63, 3.8) is 0 Å². The normalized spacial score (nSPS) is 10.9. The molecule has 0 aliphatic carbocycles. The molecule has 1 aromatic carbocycles. The van der Waals surface area contributed by atoms with E-state index in [2.05, 4.69) is 11.9 Å². The lowest BCUT2D eigenvalue weighted by Crippen LogP contribution is -1.99. The summed E-state index contributed by atoms with van der Waals surface area (Å²) in [4.78, 5) is 15.2. The summed E-state index contributed by atoms with van der Waals surface area (Å²) in [6, 6.07) is 5.04. The van der Waals surface area contributed by atoms with Crippen LogP contribution in [0.5, 0.6) is 0 Å². The summed E-state index contributed by atoms with van der Waals surface area (Å²) < 4.78 is 2.03. The van der Waals surface area contributed by atoms with Crippen LogP contribution in [0.4, 0.5) is 0 Å². The molecule has 0 bridgehead atoms. The lowest BCUT2D eigenvalue weighted by Gasteiger charge is -2.03. The van der Waals surface area contributed by atoms with Gasteiger partial charge in [-0.25, -0.2) is 9.78 Å². The minimum absolute atomic E-state index is 0.315. The van der Waals surface area contributed by atoms with E-state index in [-0.39, 0.29) is 0 Å². The number of carboxylic acid groups (broad SMARTS) is 1. The predicted octanol–water partition coefficient (Wildman–Crippen LogP) is 2.92. The van der Waals surface area contributed by atoms with Gasteiger partial charge in [-0.2, -0.15) is 0 Å². The maximum absolute atomic E-state index is 10.9. The summed E-state index contributed by atoms with van der Waals surface area (Å²) in [6.45, 7) is 3.06. The third-order valence-corrected chi connectivity index (χ3v) is 2.87. The van der Waals surface area contributed by atoms with Gasteiger partial charge in [0.1, 0.15) is 0 Å². The summed E-state index contributed by atoms with van der Waals surface area (Å²) >= 11 is 0. The molecule has 0 amide bonds. The van der Waals surface area contributed by atoms with Crippen LogP contribution < -0.4 is 0 Å². The van der Waals surface area contributed by atoms with Gasteiger partial charge in [0.2, 0.25) is 0 Å². The summed E-state index contributed by atoms with van der Waals surface area (Å²) in [5.74, 6) is -0.895. The smallest absolute Gasteiger partial charge is 0.335 e. The van der Waals surface area contributed by atoms with Gasteiger partial charge in [-0.15, -0.1) is 0 Å². The van der Waals surface area contributed by atoms with Crippen LogP contribution in [0, 0.1) is 0 Å². The molecular weight excluding hydrogens is 216 g/mol. The Morgan fingerprint density at radius 3 is 2.94 bits per heavy atom. The van der Waals surface area contributed by atoms with Crippen LogP contribution in [0.1, 0.15) is 36.5 Å². The Kier molecular flexibility index (Phi) is 3.42. The molecule has 0 spiro atoms. The van der Waals surface area contributed by atoms with Gasteiger partial charge in [-0.3, -0.25) is 0 Å². The summed E-state index contributed by atoms with van der Waals surface area (Å²) in [6.07, 6.45) is 5.23. The third kappa shape index (κ3) is 2.46. The number of benzene rings is 1. The average Bonchev–Trinajstić information content (AvgIpc) is 2.72. The van der Waals surface area contributed by atoms with Crippen LogP contribution in [0.3, 0.4) is 0 Å². The number of aryl methyl sites for hydroxylation is 1. The minimum Gasteiger partial charge on any atom is -0.478 e. The Labute approximate surface area is 99.9 Å². The van der Waals surface area contributed by atoms with Crippen molar-refractivity contribution in [2.24, 2.45) is 0 Å². The lowest BCUT2D eigenvalue weighted by atomic mass is 10.2. The number of imidazole rings is 1. The van der Waals surface area contributed by atoms with Gasteiger partial charge >= 0.3 is 5.97 Å². The van der Waals surface area contributed by atoms with Crippen molar-refractivity contribution in [2.75, 3.05) is 0 Å². The molecular formula is C13H16N2O2. The molecule has 0 saturated carbocycles. The molecule has 2 rings (SSSR count). The Bertz CT molecular complexity index is 531. The van der Waals surface area contributed by atoms with Crippen molar-refractivity contribution >= 4 is 17.0 Å². The van der Waals surface area contributed by atoms with Crippen LogP contribution in [0.15, 0.2) is 24.5 Å². The monoisotopic (exact) mass is 232 g/mol. The van der Waals surface area contributed by atoms with Crippen LogP contribution >= 0.6 is 0 Å². The minimum atomic E-state index is -0.895. The molecule has 0 fully saturated rings. The van der Waals surface area contributed by atoms with Crippen molar-refractivity contribution < 1.29 is 9.90 Å². The summed E-state index contributed by atoms with van der Waals surface area (Å²) in [5, 5.41) is 8.96. The van der Waals surface area contributed by atoms with E-state index in [0.29, 0.717) is 5.56 Å². The lowest BCUT2D eigenvalue weighted by molar-refractivity contribution is 0.0697. The van der Waals surface area contributed by atoms with Crippen molar-refractivity contribution in [3.05, 3.63) is 30.1 Å². The molecule has 0 aliphatic rings. The topological polar surface area (TPSA) is 55.1 Å². The van der Waals surface area contributed by atoms with Gasteiger partial charge in [0.15, 0.2) is 0 Å². The zero-order valence-corrected chi connectivity index (χ0v) is 9.89. The second-order valence-electron chi connectivity index (χ2n) is 4.15. The fourth-order valence-electron chi connectivity index (χ4n) is 1.90. The fraction of sp³-hybridized carbons (Fsp3) is 0.385. The molecule has 17 heavy (non-hydrogen) atoms. The van der Waals surface area contributed by atoms with Gasteiger partial charge < -0.3 is 9.67 Å². The number of carboxylic acids is 1. The van der Waals surface area contributed by atoms with E-state index in [4.69, 9.17) is 5.11 Å². The molecule has 0 saturated heterocycles. The van der Waals surface area contributed by atoms with Gasteiger partial charge in [-0.1, -0.05) is 19.8 Å². The first-order valence-electron chi connectivity index (χ1n) is 5.90. The zero-order chi connectivity index (χ0) is 12.3. The molecule has 90 valence electrons. The Hall–Kier alpha value is -1.84. The maximum atomic E-state index is 10.9. The van der Waals surface area contributed by atoms with E-state index in [1.165, 1.54) is 12.8 Å². The Morgan fingerprint density at radius 1 is 1.41 bits per heavy atom. The molecule has 4 heteroatoms. The first-order valence-corrected chi connectivity index (χ1v) is 5.90. The first-order chi connectivity index (χ1) is 8.22. The van der Waals surface area contributed by atoms with E-state index in [0.717, 1.165) is 24.0 Å². The van der Waals surface area contributed by atoms with Crippen LogP contribution in [0.25, 0.3) is 11.0 Å². The summed E-state index contributed by atoms with van der Waals surface area (Å²) in [7, 11) is 0. The number of hydrogen-bond donors (Lipinski definition) is 1. The van der Waals surface area contributed by atoms with Crippen molar-refractivity contribution in [1.29, 1.82) is 0 Å². The van der Waals surface area contributed by atoms with E-state index < -0.39 is 5.97 Å². The van der Waals surface area contributed by atoms with Crippen molar-refractivity contribution in [2.45, 2.75) is 32.7 Å². The second-order valence-corrected chi connectivity index (χ2v) is 4.15. The number of aromatic nitrogens is 2. The number of hydrogen-bond acceptors (Lipinski definition) is 2. The second kappa shape index (κ2) is 4.99. The molecule has 0 aliphatic heterocycles. The highest BCUT2D eigenvalue weighted by atomic mass is 16.4. The van der Waals surface area contributed by atoms with Crippen molar-refractivity contribution in [1.82, 2.24) is 9.55 Å². The standard InChI is InChI=1S/C13H16N2O2/c1-2-3-4-7-15-9-14-11-6-5-10(13(16)17)8-12(11)15/h5-6,8-9H,2-4,7H2,1H3,(H,16,17). The third-order valence-electron chi connectivity index (χ3n) is 2.87. The predicted molar refractivity (Wildman–Crippen MR) is 66.2 cm³/mol. The van der Waals surface area contributed by atoms with Gasteiger partial charge in [0.25, 0.3) is 0 Å². The van der Waals surface area contributed by atoms with Gasteiger partial charge in [-0.05, 0) is 24.6 Å². The number of aromatic carboxylic acids is 1. The van der Waals surface area contributed by atoms with Crippen LogP contribution in [-0.2, 0) is 6.54 Å². The Morgan fingerprint density at radius 2 is 2.24 bits per heavy atom. The highest BCUT2D eigenvalue weighted by Crippen LogP contribution is 2.16. The molecule has 0 radical (unpaired) electrons. The highest BCUT2D eigenvalue weighted by Gasteiger charge is 2.07. The number of fused-ring (bicyclic) bond motifs is 1. The Balaban J connectivity index is 2.30. The molecule has 0 unspecified atom stereocenters. The molecule has 1 heterocycles. The van der Waals surface area contributed by atoms with Gasteiger partial charge in [0, 0.05) is 6.54 Å². The van der Waals surface area contributed by atoms with Crippen LogP contribution in [0.2, 0.25) is 0 Å². The average molecular weight is 232 g/mol. The molecule has 2 aromatic rings. The number of rotatable bonds is 5. The SMILES string of the molecule is CCCCCn1cnc2ccc(C(=O)O)cc21. The van der Waals surface area contributed by atoms with E-state index in [1.807, 2.05) is 4.57 Å². The van der Waals surface area contributed by atoms with E-state index in [1.54, 1.807) is 24.5 Å².